The monoisotopic (exact) mass is 228 g/mol. The highest BCUT2D eigenvalue weighted by Gasteiger charge is 2.28. The summed E-state index contributed by atoms with van der Waals surface area (Å²) in [5.74, 6) is 0. The van der Waals surface area contributed by atoms with Crippen LogP contribution in [0.5, 0.6) is 0 Å². The Labute approximate surface area is 101 Å². The molecule has 0 aromatic rings. The van der Waals surface area contributed by atoms with E-state index in [-0.39, 0.29) is 0 Å². The predicted octanol–water partition coefficient (Wildman–Crippen LogP) is 1.87. The maximum Gasteiger partial charge on any atom is 0.0615 e. The van der Waals surface area contributed by atoms with Crippen molar-refractivity contribution in [2.75, 3.05) is 27.8 Å². The first-order chi connectivity index (χ1) is 7.70. The molecule has 3 unspecified atom stereocenters. The van der Waals surface area contributed by atoms with Gasteiger partial charge in [0.25, 0.3) is 0 Å². The molecule has 1 N–H and O–H groups in total. The van der Waals surface area contributed by atoms with E-state index in [2.05, 4.69) is 31.2 Å². The van der Waals surface area contributed by atoms with Crippen molar-refractivity contribution in [2.45, 2.75) is 57.2 Å². The molecule has 0 aliphatic heterocycles. The third-order valence-corrected chi connectivity index (χ3v) is 3.98. The zero-order valence-corrected chi connectivity index (χ0v) is 11.3. The van der Waals surface area contributed by atoms with Crippen molar-refractivity contribution in [2.24, 2.45) is 0 Å². The van der Waals surface area contributed by atoms with Gasteiger partial charge in [-0.2, -0.15) is 0 Å². The minimum Gasteiger partial charge on any atom is -0.383 e. The van der Waals surface area contributed by atoms with Crippen molar-refractivity contribution in [1.82, 2.24) is 10.2 Å². The van der Waals surface area contributed by atoms with Crippen LogP contribution in [-0.2, 0) is 4.74 Å². The Morgan fingerprint density at radius 3 is 2.62 bits per heavy atom. The molecule has 3 heteroatoms. The number of rotatable bonds is 5. The standard InChI is InChI=1S/C13H28N2O/c1-11(10-16-4)15(3)13-9-7-5-6-8-12(13)14-2/h11-14H,5-10H2,1-4H3. The largest absolute Gasteiger partial charge is 0.383 e. The Balaban J connectivity index is 2.58. The third-order valence-electron chi connectivity index (χ3n) is 3.98. The zero-order valence-electron chi connectivity index (χ0n) is 11.3. The van der Waals surface area contributed by atoms with Gasteiger partial charge in [0.15, 0.2) is 0 Å². The summed E-state index contributed by atoms with van der Waals surface area (Å²) in [7, 11) is 6.12. The van der Waals surface area contributed by atoms with Gasteiger partial charge in [-0.3, -0.25) is 4.90 Å². The van der Waals surface area contributed by atoms with Gasteiger partial charge < -0.3 is 10.1 Å². The highest BCUT2D eigenvalue weighted by molar-refractivity contribution is 4.86. The summed E-state index contributed by atoms with van der Waals surface area (Å²) in [4.78, 5) is 2.50. The average molecular weight is 228 g/mol. The van der Waals surface area contributed by atoms with E-state index in [1.807, 2.05) is 0 Å². The van der Waals surface area contributed by atoms with E-state index in [0.29, 0.717) is 18.1 Å². The van der Waals surface area contributed by atoms with Gasteiger partial charge in [0, 0.05) is 25.2 Å². The molecular weight excluding hydrogens is 200 g/mol. The Bertz CT molecular complexity index is 187. The fraction of sp³-hybridized carbons (Fsp3) is 1.00. The van der Waals surface area contributed by atoms with Crippen LogP contribution < -0.4 is 5.32 Å². The molecule has 1 aliphatic carbocycles. The molecule has 1 rings (SSSR count). The molecule has 96 valence electrons. The molecule has 0 aromatic carbocycles. The molecule has 3 atom stereocenters. The van der Waals surface area contributed by atoms with Crippen molar-refractivity contribution in [1.29, 1.82) is 0 Å². The topological polar surface area (TPSA) is 24.5 Å². The lowest BCUT2D eigenvalue weighted by molar-refractivity contribution is 0.0733. The number of likely N-dealkylation sites (N-methyl/N-ethyl adjacent to an activating group) is 2. The number of hydrogen-bond donors (Lipinski definition) is 1. The van der Waals surface area contributed by atoms with Gasteiger partial charge in [0.05, 0.1) is 6.61 Å². The predicted molar refractivity (Wildman–Crippen MR) is 68.8 cm³/mol. The molecule has 0 heterocycles. The number of ether oxygens (including phenoxy) is 1. The van der Waals surface area contributed by atoms with Crippen molar-refractivity contribution in [3.05, 3.63) is 0 Å². The fourth-order valence-corrected chi connectivity index (χ4v) is 2.80. The molecule has 3 nitrogen and oxygen atoms in total. The van der Waals surface area contributed by atoms with Gasteiger partial charge in [0.1, 0.15) is 0 Å². The minimum atomic E-state index is 0.504. The van der Waals surface area contributed by atoms with E-state index in [0.717, 1.165) is 6.61 Å². The van der Waals surface area contributed by atoms with Crippen LogP contribution in [0.4, 0.5) is 0 Å². The molecule has 1 fully saturated rings. The lowest BCUT2D eigenvalue weighted by Gasteiger charge is -2.37. The SMILES string of the molecule is CNC1CCCCCC1N(C)C(C)COC. The summed E-state index contributed by atoms with van der Waals surface area (Å²) in [6.45, 7) is 3.07. The number of nitrogens with zero attached hydrogens (tertiary/aromatic N) is 1. The van der Waals surface area contributed by atoms with Gasteiger partial charge in [0.2, 0.25) is 0 Å². The first kappa shape index (κ1) is 13.9. The van der Waals surface area contributed by atoms with Gasteiger partial charge in [-0.05, 0) is 33.9 Å². The smallest absolute Gasteiger partial charge is 0.0615 e. The number of nitrogens with one attached hydrogen (secondary N) is 1. The average Bonchev–Trinajstić information content (AvgIpc) is 2.53. The molecule has 1 saturated carbocycles. The van der Waals surface area contributed by atoms with Crippen LogP contribution in [-0.4, -0.2) is 50.8 Å². The molecule has 0 amide bonds. The highest BCUT2D eigenvalue weighted by Crippen LogP contribution is 2.22. The zero-order chi connectivity index (χ0) is 12.0. The van der Waals surface area contributed by atoms with Gasteiger partial charge in [-0.1, -0.05) is 19.3 Å². The van der Waals surface area contributed by atoms with Crippen molar-refractivity contribution in [3.8, 4) is 0 Å². The van der Waals surface area contributed by atoms with Gasteiger partial charge in [-0.15, -0.1) is 0 Å². The summed E-state index contributed by atoms with van der Waals surface area (Å²) < 4.78 is 5.25. The summed E-state index contributed by atoms with van der Waals surface area (Å²) >= 11 is 0. The molecule has 16 heavy (non-hydrogen) atoms. The molecule has 0 radical (unpaired) electrons. The van der Waals surface area contributed by atoms with E-state index in [9.17, 15) is 0 Å². The third kappa shape index (κ3) is 3.72. The van der Waals surface area contributed by atoms with E-state index in [1.165, 1.54) is 32.1 Å². The Kier molecular flexibility index (Phi) is 6.32. The van der Waals surface area contributed by atoms with Crippen molar-refractivity contribution >= 4 is 0 Å². The van der Waals surface area contributed by atoms with Crippen LogP contribution in [0.15, 0.2) is 0 Å². The van der Waals surface area contributed by atoms with Crippen LogP contribution in [0.1, 0.15) is 39.0 Å². The Morgan fingerprint density at radius 2 is 2.00 bits per heavy atom. The maximum absolute atomic E-state index is 5.25. The first-order valence-corrected chi connectivity index (χ1v) is 6.58. The van der Waals surface area contributed by atoms with Crippen LogP contribution >= 0.6 is 0 Å². The number of methoxy groups -OCH3 is 1. The summed E-state index contributed by atoms with van der Waals surface area (Å²) in [5, 5.41) is 3.49. The first-order valence-electron chi connectivity index (χ1n) is 6.58. The maximum atomic E-state index is 5.25. The summed E-state index contributed by atoms with van der Waals surface area (Å²) in [6, 6.07) is 1.81. The molecule has 0 saturated heterocycles. The van der Waals surface area contributed by atoms with E-state index in [4.69, 9.17) is 4.74 Å². The highest BCUT2D eigenvalue weighted by atomic mass is 16.5. The summed E-state index contributed by atoms with van der Waals surface area (Å²) in [6.07, 6.45) is 6.75. The van der Waals surface area contributed by atoms with Gasteiger partial charge in [-0.25, -0.2) is 0 Å². The quantitative estimate of drug-likeness (QED) is 0.727. The molecule has 0 bridgehead atoms. The second-order valence-electron chi connectivity index (χ2n) is 5.07. The Hall–Kier alpha value is -0.120. The fourth-order valence-electron chi connectivity index (χ4n) is 2.80. The second-order valence-corrected chi connectivity index (χ2v) is 5.07. The molecule has 0 aromatic heterocycles. The van der Waals surface area contributed by atoms with E-state index >= 15 is 0 Å². The normalized spacial score (nSPS) is 29.1. The van der Waals surface area contributed by atoms with Crippen LogP contribution in [0.3, 0.4) is 0 Å². The van der Waals surface area contributed by atoms with Crippen LogP contribution in [0.25, 0.3) is 0 Å². The van der Waals surface area contributed by atoms with E-state index in [1.54, 1.807) is 7.11 Å². The van der Waals surface area contributed by atoms with Crippen LogP contribution in [0, 0.1) is 0 Å². The van der Waals surface area contributed by atoms with Crippen LogP contribution in [0.2, 0.25) is 0 Å². The van der Waals surface area contributed by atoms with Gasteiger partial charge >= 0.3 is 0 Å². The lowest BCUT2D eigenvalue weighted by Crippen LogP contribution is -2.51. The van der Waals surface area contributed by atoms with Crippen molar-refractivity contribution in [3.63, 3.8) is 0 Å². The molecule has 0 spiro atoms. The minimum absolute atomic E-state index is 0.504. The summed E-state index contributed by atoms with van der Waals surface area (Å²) in [5.41, 5.74) is 0. The second kappa shape index (κ2) is 7.25. The molecule has 1 aliphatic rings. The Morgan fingerprint density at radius 1 is 1.31 bits per heavy atom. The van der Waals surface area contributed by atoms with Crippen molar-refractivity contribution < 1.29 is 4.74 Å². The lowest BCUT2D eigenvalue weighted by atomic mass is 10.0. The number of hydrogen-bond acceptors (Lipinski definition) is 3. The van der Waals surface area contributed by atoms with E-state index < -0.39 is 0 Å². The molecular formula is C13H28N2O.